The molecule has 0 radical (unpaired) electrons. The second kappa shape index (κ2) is 7.74. The van der Waals surface area contributed by atoms with Crippen molar-refractivity contribution < 1.29 is 14.6 Å². The second-order valence-corrected chi connectivity index (χ2v) is 6.09. The minimum atomic E-state index is -0.220. The Hall–Kier alpha value is -1.40. The van der Waals surface area contributed by atoms with Gasteiger partial charge in [-0.2, -0.15) is 5.10 Å². The smallest absolute Gasteiger partial charge is 0.307 e. The van der Waals surface area contributed by atoms with Crippen LogP contribution in [-0.4, -0.2) is 40.6 Å². The molecule has 22 heavy (non-hydrogen) atoms. The van der Waals surface area contributed by atoms with Gasteiger partial charge >= 0.3 is 5.97 Å². The summed E-state index contributed by atoms with van der Waals surface area (Å²) < 4.78 is 6.53. The molecule has 1 heterocycles. The molecule has 2 atom stereocenters. The van der Waals surface area contributed by atoms with Crippen LogP contribution in [0.5, 0.6) is 0 Å². The van der Waals surface area contributed by atoms with Crippen molar-refractivity contribution in [3.05, 3.63) is 17.0 Å². The van der Waals surface area contributed by atoms with Gasteiger partial charge in [0, 0.05) is 24.3 Å². The van der Waals surface area contributed by atoms with Gasteiger partial charge in [0.05, 0.1) is 31.9 Å². The zero-order chi connectivity index (χ0) is 16.1. The van der Waals surface area contributed by atoms with Crippen LogP contribution < -0.4 is 5.32 Å². The summed E-state index contributed by atoms with van der Waals surface area (Å²) in [5, 5.41) is 17.8. The third-order valence-corrected chi connectivity index (χ3v) is 4.61. The summed E-state index contributed by atoms with van der Waals surface area (Å²) >= 11 is 0. The Balaban J connectivity index is 1.88. The van der Waals surface area contributed by atoms with Crippen LogP contribution in [-0.2, 0) is 22.6 Å². The highest BCUT2D eigenvalue weighted by molar-refractivity contribution is 5.68. The van der Waals surface area contributed by atoms with E-state index in [1.54, 1.807) is 0 Å². The molecule has 1 aromatic heterocycles. The molecule has 1 aromatic rings. The third kappa shape index (κ3) is 4.08. The first-order valence-corrected chi connectivity index (χ1v) is 8.01. The van der Waals surface area contributed by atoms with Crippen molar-refractivity contribution in [3.63, 3.8) is 0 Å². The number of rotatable bonds is 7. The fourth-order valence-corrected chi connectivity index (χ4v) is 3.14. The van der Waals surface area contributed by atoms with Gasteiger partial charge in [-0.15, -0.1) is 0 Å². The lowest BCUT2D eigenvalue weighted by molar-refractivity contribution is -0.140. The molecule has 2 unspecified atom stereocenters. The van der Waals surface area contributed by atoms with Gasteiger partial charge < -0.3 is 15.2 Å². The van der Waals surface area contributed by atoms with Gasteiger partial charge in [-0.05, 0) is 32.6 Å². The van der Waals surface area contributed by atoms with Crippen molar-refractivity contribution in [1.82, 2.24) is 15.1 Å². The Morgan fingerprint density at radius 1 is 1.45 bits per heavy atom. The lowest BCUT2D eigenvalue weighted by Crippen LogP contribution is -2.27. The van der Waals surface area contributed by atoms with E-state index in [-0.39, 0.29) is 12.1 Å². The lowest BCUT2D eigenvalue weighted by Gasteiger charge is -2.15. The average molecular weight is 309 g/mol. The van der Waals surface area contributed by atoms with Crippen LogP contribution in [0.15, 0.2) is 0 Å². The Bertz CT molecular complexity index is 513. The van der Waals surface area contributed by atoms with E-state index in [4.69, 9.17) is 0 Å². The van der Waals surface area contributed by atoms with Crippen LogP contribution in [0.3, 0.4) is 0 Å². The number of nitrogens with zero attached hydrogens (tertiary/aromatic N) is 2. The third-order valence-electron chi connectivity index (χ3n) is 4.61. The van der Waals surface area contributed by atoms with Crippen LogP contribution in [0, 0.1) is 19.8 Å². The largest absolute Gasteiger partial charge is 0.469 e. The standard InChI is InChI=1S/C16H27N3O3/c1-11-14(10-17-9-13-5-4-6-15(13)20)12(2)19(18-11)8-7-16(21)22-3/h13,15,17,20H,4-10H2,1-3H3. The molecule has 0 saturated heterocycles. The van der Waals surface area contributed by atoms with E-state index < -0.39 is 0 Å². The number of aromatic nitrogens is 2. The highest BCUT2D eigenvalue weighted by Crippen LogP contribution is 2.24. The van der Waals surface area contributed by atoms with Gasteiger partial charge in [0.15, 0.2) is 0 Å². The van der Waals surface area contributed by atoms with Crippen LogP contribution in [0.1, 0.15) is 42.6 Å². The first-order chi connectivity index (χ1) is 10.5. The first kappa shape index (κ1) is 17.0. The maximum Gasteiger partial charge on any atom is 0.307 e. The molecule has 6 nitrogen and oxygen atoms in total. The second-order valence-electron chi connectivity index (χ2n) is 6.09. The minimum absolute atomic E-state index is 0.155. The van der Waals surface area contributed by atoms with Crippen molar-refractivity contribution in [2.45, 2.75) is 58.7 Å². The Labute approximate surface area is 131 Å². The molecule has 1 aliphatic carbocycles. The number of aliphatic hydroxyl groups excluding tert-OH is 1. The van der Waals surface area contributed by atoms with Crippen molar-refractivity contribution in [3.8, 4) is 0 Å². The number of nitrogens with one attached hydrogen (secondary N) is 1. The summed E-state index contributed by atoms with van der Waals surface area (Å²) in [6.07, 6.45) is 3.33. The first-order valence-electron chi connectivity index (χ1n) is 8.01. The number of hydrogen-bond donors (Lipinski definition) is 2. The summed E-state index contributed by atoms with van der Waals surface area (Å²) in [4.78, 5) is 11.2. The predicted octanol–water partition coefficient (Wildman–Crippen LogP) is 1.31. The predicted molar refractivity (Wildman–Crippen MR) is 83.4 cm³/mol. The van der Waals surface area contributed by atoms with Crippen LogP contribution >= 0.6 is 0 Å². The molecule has 0 spiro atoms. The lowest BCUT2D eigenvalue weighted by atomic mass is 10.1. The van der Waals surface area contributed by atoms with E-state index in [9.17, 15) is 9.90 Å². The Kier molecular flexibility index (Phi) is 5.97. The van der Waals surface area contributed by atoms with E-state index in [0.717, 1.165) is 43.7 Å². The Morgan fingerprint density at radius 2 is 2.23 bits per heavy atom. The number of carbonyl (C=O) groups is 1. The molecular formula is C16H27N3O3. The minimum Gasteiger partial charge on any atom is -0.469 e. The molecule has 1 saturated carbocycles. The summed E-state index contributed by atoms with van der Waals surface area (Å²) in [6, 6.07) is 0. The molecule has 0 aromatic carbocycles. The maximum absolute atomic E-state index is 11.2. The zero-order valence-electron chi connectivity index (χ0n) is 13.8. The Morgan fingerprint density at radius 3 is 2.86 bits per heavy atom. The van der Waals surface area contributed by atoms with E-state index in [2.05, 4.69) is 15.2 Å². The van der Waals surface area contributed by atoms with Crippen molar-refractivity contribution in [2.24, 2.45) is 5.92 Å². The molecule has 2 rings (SSSR count). The summed E-state index contributed by atoms with van der Waals surface area (Å²) in [6.45, 7) is 6.15. The van der Waals surface area contributed by atoms with Gasteiger partial charge in [-0.1, -0.05) is 6.42 Å². The van der Waals surface area contributed by atoms with Crippen molar-refractivity contribution >= 4 is 5.97 Å². The average Bonchev–Trinajstić information content (AvgIpc) is 3.02. The molecule has 1 aliphatic rings. The maximum atomic E-state index is 11.2. The van der Waals surface area contributed by atoms with Gasteiger partial charge in [-0.25, -0.2) is 0 Å². The van der Waals surface area contributed by atoms with Crippen molar-refractivity contribution in [2.75, 3.05) is 13.7 Å². The molecular weight excluding hydrogens is 282 g/mol. The van der Waals surface area contributed by atoms with Gasteiger partial charge in [0.25, 0.3) is 0 Å². The summed E-state index contributed by atoms with van der Waals surface area (Å²) in [5.74, 6) is 0.150. The van der Waals surface area contributed by atoms with Crippen LogP contribution in [0.25, 0.3) is 0 Å². The number of methoxy groups -OCH3 is 1. The quantitative estimate of drug-likeness (QED) is 0.743. The number of hydrogen-bond acceptors (Lipinski definition) is 5. The summed E-state index contributed by atoms with van der Waals surface area (Å²) in [7, 11) is 1.40. The highest BCUT2D eigenvalue weighted by Gasteiger charge is 2.24. The van der Waals surface area contributed by atoms with Gasteiger partial charge in [-0.3, -0.25) is 9.48 Å². The molecule has 2 N–H and O–H groups in total. The number of carbonyl (C=O) groups excluding carboxylic acids is 1. The van der Waals surface area contributed by atoms with Crippen LogP contribution in [0.2, 0.25) is 0 Å². The fourth-order valence-electron chi connectivity index (χ4n) is 3.14. The topological polar surface area (TPSA) is 76.4 Å². The van der Waals surface area contributed by atoms with Crippen molar-refractivity contribution in [1.29, 1.82) is 0 Å². The number of ether oxygens (including phenoxy) is 1. The van der Waals surface area contributed by atoms with E-state index in [1.165, 1.54) is 12.7 Å². The van der Waals surface area contributed by atoms with Gasteiger partial charge in [0.1, 0.15) is 0 Å². The molecule has 124 valence electrons. The SMILES string of the molecule is COC(=O)CCn1nc(C)c(CNCC2CCCC2O)c1C. The highest BCUT2D eigenvalue weighted by atomic mass is 16.5. The number of esters is 1. The van der Waals surface area contributed by atoms with E-state index in [0.29, 0.717) is 18.9 Å². The van der Waals surface area contributed by atoms with Gasteiger partial charge in [0.2, 0.25) is 0 Å². The number of aliphatic hydroxyl groups is 1. The normalized spacial score (nSPS) is 21.3. The molecule has 0 amide bonds. The zero-order valence-corrected chi connectivity index (χ0v) is 13.8. The molecule has 6 heteroatoms. The molecule has 0 bridgehead atoms. The monoisotopic (exact) mass is 309 g/mol. The fraction of sp³-hybridized carbons (Fsp3) is 0.750. The van der Waals surface area contributed by atoms with E-state index in [1.807, 2.05) is 18.5 Å². The van der Waals surface area contributed by atoms with E-state index >= 15 is 0 Å². The van der Waals surface area contributed by atoms with Crippen LogP contribution in [0.4, 0.5) is 0 Å². The summed E-state index contributed by atoms with van der Waals surface area (Å²) in [5.41, 5.74) is 3.25. The number of aryl methyl sites for hydroxylation is 2. The molecule has 1 fully saturated rings. The molecule has 0 aliphatic heterocycles.